The van der Waals surface area contributed by atoms with Gasteiger partial charge in [0.2, 0.25) is 5.78 Å². The number of carbonyl (C=O) groups excluding carboxylic acids is 2. The van der Waals surface area contributed by atoms with Gasteiger partial charge in [0.1, 0.15) is 29.5 Å². The number of hydrogen-bond acceptors (Lipinski definition) is 13. The molecule has 15 nitrogen and oxygen atoms in total. The molecule has 5 saturated carbocycles. The van der Waals surface area contributed by atoms with Crippen molar-refractivity contribution in [2.75, 3.05) is 11.9 Å². The Balaban J connectivity index is 1.02. The van der Waals surface area contributed by atoms with Crippen molar-refractivity contribution in [1.29, 1.82) is 0 Å². The van der Waals surface area contributed by atoms with Crippen LogP contribution in [0.5, 0.6) is 11.5 Å². The topological polar surface area (TPSA) is 243 Å². The molecule has 15 heteroatoms. The highest BCUT2D eigenvalue weighted by Crippen LogP contribution is 2.77. The molecule has 9 N–H and O–H groups in total. The minimum absolute atomic E-state index is 0.00507. The number of carbonyl (C=O) groups is 2. The van der Waals surface area contributed by atoms with Gasteiger partial charge in [-0.15, -0.1) is 0 Å². The summed E-state index contributed by atoms with van der Waals surface area (Å²) in [4.78, 5) is 47.9. The number of aromatic nitrogens is 4. The van der Waals surface area contributed by atoms with Crippen molar-refractivity contribution >= 4 is 39.8 Å². The van der Waals surface area contributed by atoms with Gasteiger partial charge in [0.15, 0.2) is 17.5 Å². The first-order valence-corrected chi connectivity index (χ1v) is 29.5. The summed E-state index contributed by atoms with van der Waals surface area (Å²) < 4.78 is 15.0. The number of aliphatic hydroxyl groups is 5. The molecule has 18 rings (SSSR count). The van der Waals surface area contributed by atoms with Gasteiger partial charge in [-0.25, -0.2) is 9.97 Å². The second-order valence-corrected chi connectivity index (χ2v) is 27.0. The zero-order valence-corrected chi connectivity index (χ0v) is 44.5. The normalized spacial score (nSPS) is 38.4. The Bertz CT molecular complexity index is 3680. The van der Waals surface area contributed by atoms with E-state index in [0.717, 1.165) is 124 Å². The summed E-state index contributed by atoms with van der Waals surface area (Å²) in [5.41, 5.74) is 2.15. The first-order valence-electron chi connectivity index (χ1n) is 29.5. The molecule has 8 bridgehead atoms. The van der Waals surface area contributed by atoms with Crippen LogP contribution in [-0.4, -0.2) is 111 Å². The SMILES string of the molecule is Cc1cc(O)c2c(c1)C(=O)c1c(c3cc4c(nccc14)NCC(O)C14CC5(CCCC5)CC1c1c([nH]c5c1C=CC1CCCCC51c1cnc[nH]1)C1=CC5(O3)OC3(C1=C4CC1(CCC4(CCCC4)C1)C3O)C(O)C(O)C5O)C2=O. The van der Waals surface area contributed by atoms with Crippen molar-refractivity contribution in [2.45, 2.75) is 176 Å². The summed E-state index contributed by atoms with van der Waals surface area (Å²) in [5, 5.41) is 84.0. The minimum Gasteiger partial charge on any atom is -0.507 e. The average Bonchev–Trinajstić information content (AvgIpc) is 2.48. The van der Waals surface area contributed by atoms with Crippen molar-refractivity contribution in [3.05, 3.63) is 122 Å². The molecule has 4 aliphatic heterocycles. The van der Waals surface area contributed by atoms with Gasteiger partial charge in [-0.3, -0.25) is 9.59 Å². The molecule has 1 saturated heterocycles. The first kappa shape index (κ1) is 47.8. The quantitative estimate of drug-likeness (QED) is 0.0750. The largest absolute Gasteiger partial charge is 0.507 e. The van der Waals surface area contributed by atoms with Crippen LogP contribution in [0.25, 0.3) is 22.4 Å². The maximum atomic E-state index is 15.4. The van der Waals surface area contributed by atoms with Gasteiger partial charge in [0.25, 0.3) is 5.79 Å². The van der Waals surface area contributed by atoms with Crippen LogP contribution in [0.4, 0.5) is 5.82 Å². The van der Waals surface area contributed by atoms with Gasteiger partial charge in [0.05, 0.1) is 40.8 Å². The second-order valence-electron chi connectivity index (χ2n) is 27.0. The predicted octanol–water partition coefficient (Wildman–Crippen LogP) is 8.62. The van der Waals surface area contributed by atoms with E-state index in [0.29, 0.717) is 59.0 Å². The Morgan fingerprint density at radius 3 is 2.42 bits per heavy atom. The maximum Gasteiger partial charge on any atom is 0.261 e. The fraction of sp³-hybridized carbons (Fsp3) is 0.531. The molecule has 6 fully saturated rings. The number of phenols is 1. The predicted molar refractivity (Wildman–Crippen MR) is 290 cm³/mol. The van der Waals surface area contributed by atoms with E-state index in [1.54, 1.807) is 43.7 Å². The lowest BCUT2D eigenvalue weighted by atomic mass is 9.50. The molecule has 12 atom stereocenters. The number of pyridine rings is 1. The number of aromatic amines is 2. The van der Waals surface area contributed by atoms with Crippen molar-refractivity contribution in [3.8, 4) is 11.5 Å². The van der Waals surface area contributed by atoms with Gasteiger partial charge >= 0.3 is 0 Å². The third kappa shape index (κ3) is 5.66. The molecule has 408 valence electrons. The summed E-state index contributed by atoms with van der Waals surface area (Å²) in [6, 6.07) is 6.29. The van der Waals surface area contributed by atoms with E-state index in [2.05, 4.69) is 32.4 Å². The molecule has 5 aromatic rings. The molecule has 7 heterocycles. The van der Waals surface area contributed by atoms with Crippen LogP contribution in [0.2, 0.25) is 0 Å². The van der Waals surface area contributed by atoms with E-state index in [9.17, 15) is 30.6 Å². The third-order valence-electron chi connectivity index (χ3n) is 23.5. The van der Waals surface area contributed by atoms with Crippen LogP contribution in [-0.2, 0) is 10.2 Å². The number of phenolic OH excluding ortho intramolecular Hbond substituents is 1. The Labute approximate surface area is 456 Å². The van der Waals surface area contributed by atoms with Crippen LogP contribution < -0.4 is 10.1 Å². The van der Waals surface area contributed by atoms with Crippen LogP contribution in [0.3, 0.4) is 0 Å². The number of benzene rings is 2. The number of nitrogens with zero attached hydrogens (tertiary/aromatic N) is 2. The first-order chi connectivity index (χ1) is 38.1. The number of anilines is 1. The molecule has 6 spiro atoms. The number of H-pyrrole nitrogens is 2. The number of aliphatic hydroxyl groups excluding tert-OH is 5. The highest BCUT2D eigenvalue weighted by molar-refractivity contribution is 6.34. The number of aryl methyl sites for hydroxylation is 1. The number of hydrogen-bond donors (Lipinski definition) is 9. The highest BCUT2D eigenvalue weighted by Gasteiger charge is 2.77. The van der Waals surface area contributed by atoms with Crippen LogP contribution in [0, 0.1) is 34.5 Å². The Morgan fingerprint density at radius 1 is 0.823 bits per heavy atom. The highest BCUT2D eigenvalue weighted by atomic mass is 16.7. The van der Waals surface area contributed by atoms with Crippen molar-refractivity contribution in [2.24, 2.45) is 27.6 Å². The molecule has 0 amide bonds. The molecular formula is C64H67N5O10. The Hall–Kier alpha value is -5.94. The second kappa shape index (κ2) is 15.5. The summed E-state index contributed by atoms with van der Waals surface area (Å²) in [6.45, 7) is 1.76. The average molecular weight is 1070 g/mol. The van der Waals surface area contributed by atoms with E-state index >= 15 is 9.59 Å². The Morgan fingerprint density at radius 2 is 1.62 bits per heavy atom. The Kier molecular flexibility index (Phi) is 9.40. The molecule has 0 radical (unpaired) electrons. The monoisotopic (exact) mass is 1070 g/mol. The molecule has 13 aliphatic rings. The molecule has 12 unspecified atom stereocenters. The van der Waals surface area contributed by atoms with Gasteiger partial charge in [-0.05, 0) is 159 Å². The summed E-state index contributed by atoms with van der Waals surface area (Å²) in [7, 11) is 0. The molecular weight excluding hydrogens is 999 g/mol. The van der Waals surface area contributed by atoms with E-state index < -0.39 is 69.7 Å². The zero-order chi connectivity index (χ0) is 53.5. The van der Waals surface area contributed by atoms with E-state index in [4.69, 9.17) is 14.5 Å². The van der Waals surface area contributed by atoms with Crippen molar-refractivity contribution in [3.63, 3.8) is 0 Å². The van der Waals surface area contributed by atoms with Crippen LogP contribution >= 0.6 is 0 Å². The summed E-state index contributed by atoms with van der Waals surface area (Å²) in [6.07, 6.45) is 19.3. The van der Waals surface area contributed by atoms with Gasteiger partial charge in [-0.2, -0.15) is 0 Å². The maximum absolute atomic E-state index is 15.4. The van der Waals surface area contributed by atoms with Crippen LogP contribution in [0.1, 0.15) is 187 Å². The van der Waals surface area contributed by atoms with Gasteiger partial charge < -0.3 is 55.4 Å². The molecule has 79 heavy (non-hydrogen) atoms. The van der Waals surface area contributed by atoms with E-state index in [-0.39, 0.29) is 63.0 Å². The van der Waals surface area contributed by atoms with E-state index in [1.165, 1.54) is 6.07 Å². The van der Waals surface area contributed by atoms with Crippen LogP contribution in [0.15, 0.2) is 66.3 Å². The number of ether oxygens (including phenoxy) is 2. The number of imidazole rings is 1. The lowest BCUT2D eigenvalue weighted by Gasteiger charge is -2.64. The zero-order valence-electron chi connectivity index (χ0n) is 44.5. The van der Waals surface area contributed by atoms with Gasteiger partial charge in [0, 0.05) is 68.8 Å². The van der Waals surface area contributed by atoms with Crippen molar-refractivity contribution in [1.82, 2.24) is 19.9 Å². The van der Waals surface area contributed by atoms with E-state index in [1.807, 2.05) is 6.20 Å². The molecule has 2 aromatic carbocycles. The number of aromatic hydroxyl groups is 1. The summed E-state index contributed by atoms with van der Waals surface area (Å²) in [5.74, 6) is -4.12. The number of allylic oxidation sites excluding steroid dienone is 1. The number of nitrogens with one attached hydrogen (secondary N) is 3. The fourth-order valence-corrected chi connectivity index (χ4v) is 20.4. The number of rotatable bonds is 1. The lowest BCUT2D eigenvalue weighted by Crippen LogP contribution is -2.79. The third-order valence-corrected chi connectivity index (χ3v) is 23.5. The number of ketones is 2. The summed E-state index contributed by atoms with van der Waals surface area (Å²) >= 11 is 0. The molecule has 3 aromatic heterocycles. The fourth-order valence-electron chi connectivity index (χ4n) is 20.4. The standard InChI is InChI=1S/C64H67N5O10/c1-31-20-36-45(40(70)21-31)51(73)47-41-22-35-33(46(47)50(36)72)11-19-66-56(35)67-27-43(71)62-29-59(14-6-7-15-59)24-38(62)44-34-10-9-32-8-2-3-16-61(32,42-26-65-30-68-42)53(34)69-49(44)37-23-63(78-41)54(75)52(74)55(76)64(79-63)48(37)39(62)25-60(57(64)77)18-17-58(28-60)12-4-5-13-58/h9-11,19-23,26,30,32,38,43,52,54-55,57,69-71,74-77H,2-8,12-18,24-25,27-29H2,1H3,(H,65,68)(H,66,67). The van der Waals surface area contributed by atoms with Gasteiger partial charge in [-0.1, -0.05) is 56.3 Å². The number of fused-ring (bicyclic) bond motifs is 11. The lowest BCUT2D eigenvalue weighted by molar-refractivity contribution is -0.366. The minimum atomic E-state index is -2.46. The smallest absolute Gasteiger partial charge is 0.261 e. The molecule has 9 aliphatic carbocycles. The van der Waals surface area contributed by atoms with Crippen molar-refractivity contribution < 1.29 is 49.7 Å².